The van der Waals surface area contributed by atoms with Crippen LogP contribution in [0.15, 0.2) is 36.8 Å². The van der Waals surface area contributed by atoms with Crippen molar-refractivity contribution in [3.8, 4) is 0 Å². The lowest BCUT2D eigenvalue weighted by Gasteiger charge is -2.36. The number of rotatable bonds is 3. The fourth-order valence-corrected chi connectivity index (χ4v) is 2.54. The van der Waals surface area contributed by atoms with Crippen molar-refractivity contribution in [1.82, 2.24) is 9.97 Å². The van der Waals surface area contributed by atoms with Crippen LogP contribution in [0.3, 0.4) is 0 Å². The van der Waals surface area contributed by atoms with E-state index in [-0.39, 0.29) is 5.69 Å². The predicted octanol–water partition coefficient (Wildman–Crippen LogP) is 1.85. The number of hydrogen-bond acceptors (Lipinski definition) is 6. The fourth-order valence-electron chi connectivity index (χ4n) is 2.54. The van der Waals surface area contributed by atoms with E-state index in [1.807, 2.05) is 4.90 Å². The van der Waals surface area contributed by atoms with Crippen molar-refractivity contribution in [3.05, 3.63) is 52.7 Å². The lowest BCUT2D eigenvalue weighted by atomic mass is 10.2. The van der Waals surface area contributed by atoms with Gasteiger partial charge >= 0.3 is 0 Å². The van der Waals surface area contributed by atoms with Crippen molar-refractivity contribution in [1.29, 1.82) is 0 Å². The van der Waals surface area contributed by atoms with Crippen molar-refractivity contribution in [2.24, 2.45) is 0 Å². The molecule has 8 heteroatoms. The zero-order chi connectivity index (χ0) is 15.5. The summed E-state index contributed by atoms with van der Waals surface area (Å²) in [7, 11) is 0. The number of nitro groups is 1. The summed E-state index contributed by atoms with van der Waals surface area (Å²) < 4.78 is 13.2. The average molecular weight is 303 g/mol. The first-order chi connectivity index (χ1) is 10.6. The van der Waals surface area contributed by atoms with Crippen molar-refractivity contribution >= 4 is 17.2 Å². The molecule has 1 saturated heterocycles. The number of benzene rings is 1. The average Bonchev–Trinajstić information content (AvgIpc) is 2.56. The standard InChI is InChI=1S/C14H14FN5O2/c15-11-1-2-12(13(9-11)20(21)22)18-5-7-19(8-6-18)14-10-16-3-4-17-14/h1-4,9-10H,5-8H2. The van der Waals surface area contributed by atoms with Gasteiger partial charge in [0, 0.05) is 38.6 Å². The summed E-state index contributed by atoms with van der Waals surface area (Å²) in [6, 6.07) is 3.67. The van der Waals surface area contributed by atoms with Crippen LogP contribution in [-0.2, 0) is 0 Å². The van der Waals surface area contributed by atoms with Gasteiger partial charge in [-0.05, 0) is 12.1 Å². The molecular formula is C14H14FN5O2. The van der Waals surface area contributed by atoms with E-state index in [9.17, 15) is 14.5 Å². The summed E-state index contributed by atoms with van der Waals surface area (Å²) in [5, 5.41) is 11.1. The smallest absolute Gasteiger partial charge is 0.295 e. The van der Waals surface area contributed by atoms with E-state index in [0.717, 1.165) is 11.9 Å². The number of aromatic nitrogens is 2. The Hall–Kier alpha value is -2.77. The molecule has 1 aromatic carbocycles. The molecule has 1 aliphatic heterocycles. The Morgan fingerprint density at radius 1 is 1.14 bits per heavy atom. The van der Waals surface area contributed by atoms with Gasteiger partial charge in [-0.1, -0.05) is 0 Å². The Labute approximate surface area is 126 Å². The van der Waals surface area contributed by atoms with E-state index in [0.29, 0.717) is 31.9 Å². The van der Waals surface area contributed by atoms with Crippen LogP contribution in [0.5, 0.6) is 0 Å². The molecule has 7 nitrogen and oxygen atoms in total. The number of anilines is 2. The van der Waals surface area contributed by atoms with Crippen LogP contribution in [-0.4, -0.2) is 41.1 Å². The van der Waals surface area contributed by atoms with Gasteiger partial charge in [-0.15, -0.1) is 0 Å². The Bertz CT molecular complexity index is 674. The molecular weight excluding hydrogens is 289 g/mol. The van der Waals surface area contributed by atoms with E-state index in [2.05, 4.69) is 14.9 Å². The van der Waals surface area contributed by atoms with Gasteiger partial charge in [-0.25, -0.2) is 9.37 Å². The monoisotopic (exact) mass is 303 g/mol. The number of hydrogen-bond donors (Lipinski definition) is 0. The molecule has 0 aliphatic carbocycles. The highest BCUT2D eigenvalue weighted by molar-refractivity contribution is 5.64. The SMILES string of the molecule is O=[N+]([O-])c1cc(F)ccc1N1CCN(c2cnccn2)CC1. The third-order valence-electron chi connectivity index (χ3n) is 3.63. The number of halogens is 1. The molecule has 1 aromatic heterocycles. The predicted molar refractivity (Wildman–Crippen MR) is 79.5 cm³/mol. The molecule has 1 fully saturated rings. The minimum absolute atomic E-state index is 0.201. The van der Waals surface area contributed by atoms with E-state index in [1.54, 1.807) is 18.6 Å². The summed E-state index contributed by atoms with van der Waals surface area (Å²) in [4.78, 5) is 22.8. The first kappa shape index (κ1) is 14.2. The minimum Gasteiger partial charge on any atom is -0.362 e. The fraction of sp³-hybridized carbons (Fsp3) is 0.286. The van der Waals surface area contributed by atoms with Gasteiger partial charge in [0.2, 0.25) is 0 Å². The van der Waals surface area contributed by atoms with Crippen molar-refractivity contribution in [2.45, 2.75) is 0 Å². The first-order valence-electron chi connectivity index (χ1n) is 6.85. The quantitative estimate of drug-likeness (QED) is 0.636. The maximum Gasteiger partial charge on any atom is 0.295 e. The molecule has 1 aliphatic rings. The lowest BCUT2D eigenvalue weighted by Crippen LogP contribution is -2.47. The highest BCUT2D eigenvalue weighted by Crippen LogP contribution is 2.30. The van der Waals surface area contributed by atoms with Crippen molar-refractivity contribution in [3.63, 3.8) is 0 Å². The Morgan fingerprint density at radius 2 is 1.86 bits per heavy atom. The van der Waals surface area contributed by atoms with Gasteiger partial charge in [0.15, 0.2) is 0 Å². The second-order valence-corrected chi connectivity index (χ2v) is 4.93. The third kappa shape index (κ3) is 2.80. The lowest BCUT2D eigenvalue weighted by molar-refractivity contribution is -0.384. The van der Waals surface area contributed by atoms with Crippen LogP contribution >= 0.6 is 0 Å². The highest BCUT2D eigenvalue weighted by Gasteiger charge is 2.24. The highest BCUT2D eigenvalue weighted by atomic mass is 19.1. The molecule has 22 heavy (non-hydrogen) atoms. The van der Waals surface area contributed by atoms with Gasteiger partial charge in [0.1, 0.15) is 17.3 Å². The van der Waals surface area contributed by atoms with Crippen LogP contribution in [0.4, 0.5) is 21.6 Å². The van der Waals surface area contributed by atoms with Crippen LogP contribution < -0.4 is 9.80 Å². The molecule has 0 N–H and O–H groups in total. The summed E-state index contributed by atoms with van der Waals surface area (Å²) in [6.45, 7) is 2.55. The van der Waals surface area contributed by atoms with E-state index < -0.39 is 10.7 Å². The third-order valence-corrected chi connectivity index (χ3v) is 3.63. The molecule has 0 bridgehead atoms. The molecule has 2 heterocycles. The first-order valence-corrected chi connectivity index (χ1v) is 6.85. The van der Waals surface area contributed by atoms with Gasteiger partial charge in [0.05, 0.1) is 17.2 Å². The number of piperazine rings is 1. The second-order valence-electron chi connectivity index (χ2n) is 4.93. The molecule has 0 atom stereocenters. The van der Waals surface area contributed by atoms with Gasteiger partial charge < -0.3 is 9.80 Å². The zero-order valence-corrected chi connectivity index (χ0v) is 11.7. The number of nitro benzene ring substituents is 1. The van der Waals surface area contributed by atoms with Crippen LogP contribution in [0.2, 0.25) is 0 Å². The molecule has 3 rings (SSSR count). The van der Waals surface area contributed by atoms with Crippen molar-refractivity contribution in [2.75, 3.05) is 36.0 Å². The Morgan fingerprint density at radius 3 is 2.50 bits per heavy atom. The van der Waals surface area contributed by atoms with E-state index in [1.165, 1.54) is 12.1 Å². The van der Waals surface area contributed by atoms with E-state index in [4.69, 9.17) is 0 Å². The summed E-state index contributed by atoms with van der Waals surface area (Å²) in [6.07, 6.45) is 4.93. The number of nitrogens with zero attached hydrogens (tertiary/aromatic N) is 5. The van der Waals surface area contributed by atoms with Gasteiger partial charge in [-0.3, -0.25) is 15.1 Å². The molecule has 114 valence electrons. The Kier molecular flexibility index (Phi) is 3.82. The second kappa shape index (κ2) is 5.92. The molecule has 0 saturated carbocycles. The molecule has 2 aromatic rings. The van der Waals surface area contributed by atoms with Crippen LogP contribution in [0.1, 0.15) is 0 Å². The minimum atomic E-state index is -0.603. The molecule has 0 radical (unpaired) electrons. The van der Waals surface area contributed by atoms with Crippen LogP contribution in [0, 0.1) is 15.9 Å². The maximum atomic E-state index is 13.2. The topological polar surface area (TPSA) is 75.4 Å². The van der Waals surface area contributed by atoms with Crippen molar-refractivity contribution < 1.29 is 9.31 Å². The van der Waals surface area contributed by atoms with Gasteiger partial charge in [0.25, 0.3) is 5.69 Å². The summed E-state index contributed by atoms with van der Waals surface area (Å²) >= 11 is 0. The molecule has 0 amide bonds. The summed E-state index contributed by atoms with van der Waals surface area (Å²) in [5.41, 5.74) is 0.248. The van der Waals surface area contributed by atoms with Crippen LogP contribution in [0.25, 0.3) is 0 Å². The van der Waals surface area contributed by atoms with E-state index >= 15 is 0 Å². The largest absolute Gasteiger partial charge is 0.362 e. The zero-order valence-electron chi connectivity index (χ0n) is 11.7. The summed E-state index contributed by atoms with van der Waals surface area (Å²) in [5.74, 6) is 0.185. The molecule has 0 spiro atoms. The maximum absolute atomic E-state index is 13.2. The normalized spacial score (nSPS) is 15.0. The Balaban J connectivity index is 1.76. The van der Waals surface area contributed by atoms with Gasteiger partial charge in [-0.2, -0.15) is 0 Å². The molecule has 0 unspecified atom stereocenters.